The molecule has 2 saturated heterocycles. The molecular weight excluding hydrogens is 396 g/mol. The minimum absolute atomic E-state index is 0.117. The average molecular weight is 425 g/mol. The van der Waals surface area contributed by atoms with Crippen molar-refractivity contribution in [2.75, 3.05) is 26.2 Å². The molecule has 0 bridgehead atoms. The fraction of sp³-hybridized carbons (Fsp3) is 0.684. The molecule has 10 heteroatoms. The SMILES string of the molecule is CCC(=O)NCC(=O)N[C@]1(C)CCOC2(CCN(C(=O)c3cscn3)CC2)[C@H]1O. The smallest absolute Gasteiger partial charge is 0.273 e. The van der Waals surface area contributed by atoms with E-state index in [0.717, 1.165) is 0 Å². The van der Waals surface area contributed by atoms with E-state index < -0.39 is 17.2 Å². The lowest BCUT2D eigenvalue weighted by Crippen LogP contribution is -2.69. The van der Waals surface area contributed by atoms with Crippen LogP contribution in [0.15, 0.2) is 10.9 Å². The first-order chi connectivity index (χ1) is 13.8. The van der Waals surface area contributed by atoms with Gasteiger partial charge in [0, 0.05) is 31.5 Å². The summed E-state index contributed by atoms with van der Waals surface area (Å²) in [5.74, 6) is -0.665. The number of aliphatic hydroxyl groups excluding tert-OH is 1. The lowest BCUT2D eigenvalue weighted by molar-refractivity contribution is -0.205. The van der Waals surface area contributed by atoms with Gasteiger partial charge in [0.25, 0.3) is 5.91 Å². The summed E-state index contributed by atoms with van der Waals surface area (Å²) in [6.45, 7) is 4.68. The van der Waals surface area contributed by atoms with E-state index in [9.17, 15) is 19.5 Å². The van der Waals surface area contributed by atoms with Gasteiger partial charge in [-0.1, -0.05) is 6.92 Å². The zero-order valence-corrected chi connectivity index (χ0v) is 17.6. The second kappa shape index (κ2) is 8.76. The molecule has 0 aliphatic carbocycles. The van der Waals surface area contributed by atoms with Gasteiger partial charge in [0.15, 0.2) is 0 Å². The van der Waals surface area contributed by atoms with Gasteiger partial charge in [-0.15, -0.1) is 11.3 Å². The molecule has 1 spiro atoms. The fourth-order valence-corrected chi connectivity index (χ4v) is 4.57. The summed E-state index contributed by atoms with van der Waals surface area (Å²) in [6, 6.07) is 0. The van der Waals surface area contributed by atoms with Crippen LogP contribution in [0.1, 0.15) is 50.0 Å². The van der Waals surface area contributed by atoms with Crippen molar-refractivity contribution in [1.29, 1.82) is 0 Å². The first kappa shape index (κ1) is 21.7. The van der Waals surface area contributed by atoms with Gasteiger partial charge in [-0.2, -0.15) is 0 Å². The second-order valence-corrected chi connectivity index (χ2v) is 8.55. The minimum atomic E-state index is -0.925. The summed E-state index contributed by atoms with van der Waals surface area (Å²) in [5.41, 5.74) is 0.380. The molecule has 0 radical (unpaired) electrons. The Morgan fingerprint density at radius 1 is 1.31 bits per heavy atom. The topological polar surface area (TPSA) is 121 Å². The van der Waals surface area contributed by atoms with Gasteiger partial charge in [0.05, 0.1) is 23.2 Å². The highest BCUT2D eigenvalue weighted by Gasteiger charge is 2.54. The van der Waals surface area contributed by atoms with Gasteiger partial charge in [-0.05, 0) is 26.2 Å². The highest BCUT2D eigenvalue weighted by Crippen LogP contribution is 2.40. The summed E-state index contributed by atoms with van der Waals surface area (Å²) in [7, 11) is 0. The standard InChI is InChI=1S/C19H28N4O5S/c1-3-14(24)20-10-15(25)22-18(2)6-9-28-19(17(18)27)4-7-23(8-5-19)16(26)13-11-29-12-21-13/h11-12,17,27H,3-10H2,1-2H3,(H,20,24)(H,22,25)/t17-,18+/m0/s1. The van der Waals surface area contributed by atoms with Crippen molar-refractivity contribution < 1.29 is 24.2 Å². The Bertz CT molecular complexity index is 748. The molecule has 160 valence electrons. The zero-order chi connectivity index (χ0) is 21.1. The van der Waals surface area contributed by atoms with Crippen LogP contribution in [0, 0.1) is 0 Å². The Morgan fingerprint density at radius 3 is 2.66 bits per heavy atom. The van der Waals surface area contributed by atoms with E-state index in [-0.39, 0.29) is 24.3 Å². The number of aromatic nitrogens is 1. The molecule has 9 nitrogen and oxygen atoms in total. The number of ether oxygens (including phenoxy) is 1. The molecule has 1 aromatic heterocycles. The van der Waals surface area contributed by atoms with Crippen molar-refractivity contribution in [3.63, 3.8) is 0 Å². The zero-order valence-electron chi connectivity index (χ0n) is 16.8. The molecule has 29 heavy (non-hydrogen) atoms. The summed E-state index contributed by atoms with van der Waals surface area (Å²) < 4.78 is 6.01. The van der Waals surface area contributed by atoms with Crippen molar-refractivity contribution >= 4 is 29.1 Å². The van der Waals surface area contributed by atoms with Gasteiger partial charge in [0.1, 0.15) is 11.8 Å². The van der Waals surface area contributed by atoms with Gasteiger partial charge in [-0.3, -0.25) is 14.4 Å². The lowest BCUT2D eigenvalue weighted by Gasteiger charge is -2.53. The third kappa shape index (κ3) is 4.59. The number of amides is 3. The molecule has 2 aliphatic heterocycles. The maximum absolute atomic E-state index is 12.5. The van der Waals surface area contributed by atoms with Crippen molar-refractivity contribution in [2.45, 2.75) is 56.8 Å². The highest BCUT2D eigenvalue weighted by molar-refractivity contribution is 7.07. The van der Waals surface area contributed by atoms with E-state index in [1.165, 1.54) is 11.3 Å². The van der Waals surface area contributed by atoms with Crippen LogP contribution in [0.5, 0.6) is 0 Å². The summed E-state index contributed by atoms with van der Waals surface area (Å²) in [6.07, 6.45) is 0.793. The van der Waals surface area contributed by atoms with Crippen LogP contribution in [0.2, 0.25) is 0 Å². The molecule has 0 aromatic carbocycles. The Balaban J connectivity index is 1.61. The minimum Gasteiger partial charge on any atom is -0.388 e. The Morgan fingerprint density at radius 2 is 2.03 bits per heavy atom. The molecule has 3 amide bonds. The number of carbonyl (C=O) groups excluding carboxylic acids is 3. The van der Waals surface area contributed by atoms with Gasteiger partial charge < -0.3 is 25.4 Å². The second-order valence-electron chi connectivity index (χ2n) is 7.83. The Kier molecular flexibility index (Phi) is 6.55. The van der Waals surface area contributed by atoms with E-state index in [1.807, 2.05) is 0 Å². The molecule has 1 aromatic rings. The highest BCUT2D eigenvalue weighted by atomic mass is 32.1. The fourth-order valence-electron chi connectivity index (χ4n) is 4.05. The number of thiazole rings is 1. The number of likely N-dealkylation sites (tertiary alicyclic amines) is 1. The third-order valence-electron chi connectivity index (χ3n) is 5.85. The molecule has 3 N–H and O–H groups in total. The molecule has 2 aliphatic rings. The number of hydrogen-bond acceptors (Lipinski definition) is 7. The molecule has 2 atom stereocenters. The number of hydrogen-bond donors (Lipinski definition) is 3. The van der Waals surface area contributed by atoms with Crippen LogP contribution in [-0.2, 0) is 14.3 Å². The molecule has 0 saturated carbocycles. The predicted octanol–water partition coefficient (Wildman–Crippen LogP) is 0.300. The first-order valence-electron chi connectivity index (χ1n) is 9.87. The molecule has 3 rings (SSSR count). The van der Waals surface area contributed by atoms with Crippen molar-refractivity contribution in [2.24, 2.45) is 0 Å². The number of nitrogens with zero attached hydrogens (tertiary/aromatic N) is 2. The Hall–Kier alpha value is -2.04. The number of carbonyl (C=O) groups is 3. The van der Waals surface area contributed by atoms with Gasteiger partial charge in [0.2, 0.25) is 11.8 Å². The van der Waals surface area contributed by atoms with Gasteiger partial charge >= 0.3 is 0 Å². The van der Waals surface area contributed by atoms with Crippen LogP contribution in [-0.4, -0.2) is 76.2 Å². The van der Waals surface area contributed by atoms with E-state index in [2.05, 4.69) is 15.6 Å². The van der Waals surface area contributed by atoms with Crippen LogP contribution >= 0.6 is 11.3 Å². The summed E-state index contributed by atoms with van der Waals surface area (Å²) >= 11 is 1.38. The molecule has 2 fully saturated rings. The van der Waals surface area contributed by atoms with Crippen LogP contribution in [0.4, 0.5) is 0 Å². The summed E-state index contributed by atoms with van der Waals surface area (Å²) in [4.78, 5) is 42.0. The largest absolute Gasteiger partial charge is 0.388 e. The molecule has 3 heterocycles. The maximum atomic E-state index is 12.5. The van der Waals surface area contributed by atoms with Crippen LogP contribution in [0.3, 0.4) is 0 Å². The van der Waals surface area contributed by atoms with E-state index >= 15 is 0 Å². The van der Waals surface area contributed by atoms with Crippen molar-refractivity contribution in [3.8, 4) is 0 Å². The number of aliphatic hydroxyl groups is 1. The molecule has 0 unspecified atom stereocenters. The third-order valence-corrected chi connectivity index (χ3v) is 6.44. The first-order valence-corrected chi connectivity index (χ1v) is 10.8. The van der Waals surface area contributed by atoms with Crippen molar-refractivity contribution in [1.82, 2.24) is 20.5 Å². The Labute approximate surface area is 173 Å². The average Bonchev–Trinajstić information content (AvgIpc) is 3.25. The van der Waals surface area contributed by atoms with E-state index in [0.29, 0.717) is 51.1 Å². The van der Waals surface area contributed by atoms with Crippen LogP contribution in [0.25, 0.3) is 0 Å². The van der Waals surface area contributed by atoms with E-state index in [1.54, 1.807) is 29.6 Å². The quantitative estimate of drug-likeness (QED) is 0.625. The maximum Gasteiger partial charge on any atom is 0.273 e. The van der Waals surface area contributed by atoms with Crippen molar-refractivity contribution in [3.05, 3.63) is 16.6 Å². The lowest BCUT2D eigenvalue weighted by atomic mass is 9.73. The number of rotatable bonds is 5. The normalized spacial score (nSPS) is 26.2. The number of piperidine rings is 1. The van der Waals surface area contributed by atoms with E-state index in [4.69, 9.17) is 4.74 Å². The predicted molar refractivity (Wildman–Crippen MR) is 106 cm³/mol. The summed E-state index contributed by atoms with van der Waals surface area (Å²) in [5, 5.41) is 18.3. The number of nitrogens with one attached hydrogen (secondary N) is 2. The molecular formula is C19H28N4O5S. The monoisotopic (exact) mass is 424 g/mol. The van der Waals surface area contributed by atoms with Crippen LogP contribution < -0.4 is 10.6 Å². The van der Waals surface area contributed by atoms with Gasteiger partial charge in [-0.25, -0.2) is 4.98 Å².